The Bertz CT molecular complexity index is 1470. The average Bonchev–Trinajstić information content (AvgIpc) is 3.18. The molecule has 0 radical (unpaired) electrons. The smallest absolute Gasteiger partial charge is 0.332 e. The number of aromatic amines is 1. The summed E-state index contributed by atoms with van der Waals surface area (Å²) >= 11 is 0. The van der Waals surface area contributed by atoms with E-state index in [1.807, 2.05) is 12.1 Å². The number of aromatic nitrogens is 3. The zero-order valence-corrected chi connectivity index (χ0v) is 20.8. The van der Waals surface area contributed by atoms with Gasteiger partial charge in [-0.05, 0) is 48.3 Å². The number of hydrogen-bond acceptors (Lipinski definition) is 6. The third-order valence-electron chi connectivity index (χ3n) is 6.30. The van der Waals surface area contributed by atoms with Crippen molar-refractivity contribution in [3.05, 3.63) is 62.6 Å². The quantitative estimate of drug-likeness (QED) is 0.571. The topological polar surface area (TPSA) is 123 Å². The molecule has 0 saturated heterocycles. The molecule has 4 rings (SSSR count). The first-order valence-electron chi connectivity index (χ1n) is 11.2. The first-order valence-corrected chi connectivity index (χ1v) is 13.1. The van der Waals surface area contributed by atoms with Gasteiger partial charge < -0.3 is 4.74 Å². The molecule has 0 spiro atoms. The number of nitrogens with one attached hydrogen (secondary N) is 2. The monoisotopic (exact) mass is 486 g/mol. The molecule has 182 valence electrons. The highest BCUT2D eigenvalue weighted by molar-refractivity contribution is 7.88. The van der Waals surface area contributed by atoms with Gasteiger partial charge in [0.15, 0.2) is 0 Å². The maximum Gasteiger partial charge on any atom is 0.332 e. The van der Waals surface area contributed by atoms with E-state index < -0.39 is 21.3 Å². The van der Waals surface area contributed by atoms with Crippen molar-refractivity contribution < 1.29 is 13.2 Å². The number of hydrogen-bond donors (Lipinski definition) is 2. The average molecular weight is 487 g/mol. The van der Waals surface area contributed by atoms with E-state index in [2.05, 4.69) is 30.5 Å². The van der Waals surface area contributed by atoms with E-state index in [9.17, 15) is 18.0 Å². The van der Waals surface area contributed by atoms with Crippen molar-refractivity contribution >= 4 is 20.9 Å². The van der Waals surface area contributed by atoms with Gasteiger partial charge in [-0.1, -0.05) is 20.8 Å². The van der Waals surface area contributed by atoms with Crippen LogP contribution in [0.4, 0.5) is 0 Å². The Kier molecular flexibility index (Phi) is 6.15. The van der Waals surface area contributed by atoms with E-state index in [0.717, 1.165) is 29.4 Å². The summed E-state index contributed by atoms with van der Waals surface area (Å²) in [4.78, 5) is 31.3. The minimum Gasteiger partial charge on any atom is -0.496 e. The second-order valence-electron chi connectivity index (χ2n) is 9.97. The van der Waals surface area contributed by atoms with E-state index in [1.54, 1.807) is 13.3 Å². The molecule has 2 atom stereocenters. The molecule has 0 amide bonds. The Morgan fingerprint density at radius 2 is 1.94 bits per heavy atom. The molecule has 1 aromatic carbocycles. The van der Waals surface area contributed by atoms with Crippen molar-refractivity contribution in [3.63, 3.8) is 0 Å². The van der Waals surface area contributed by atoms with Crippen LogP contribution in [0.5, 0.6) is 5.75 Å². The third kappa shape index (κ3) is 4.78. The van der Waals surface area contributed by atoms with E-state index in [0.29, 0.717) is 23.4 Å². The molecule has 1 aliphatic rings. The summed E-state index contributed by atoms with van der Waals surface area (Å²) in [6.45, 7) is 6.18. The number of benzene rings is 1. The van der Waals surface area contributed by atoms with Crippen LogP contribution in [0.2, 0.25) is 0 Å². The van der Waals surface area contributed by atoms with Crippen molar-refractivity contribution in [2.75, 3.05) is 13.4 Å². The molecule has 0 aliphatic heterocycles. The molecule has 2 aromatic heterocycles. The largest absolute Gasteiger partial charge is 0.496 e. The normalized spacial score (nSPS) is 19.0. The number of sulfonamides is 1. The van der Waals surface area contributed by atoms with Gasteiger partial charge >= 0.3 is 5.69 Å². The van der Waals surface area contributed by atoms with Crippen LogP contribution in [-0.4, -0.2) is 42.4 Å². The van der Waals surface area contributed by atoms with Crippen molar-refractivity contribution in [2.45, 2.75) is 57.4 Å². The first kappa shape index (κ1) is 24.2. The first-order chi connectivity index (χ1) is 15.9. The minimum atomic E-state index is -3.27. The zero-order valence-electron chi connectivity index (χ0n) is 20.0. The predicted molar refractivity (Wildman–Crippen MR) is 132 cm³/mol. The zero-order chi connectivity index (χ0) is 24.8. The number of methoxy groups -OCH3 is 1. The standard InChI is InChI=1S/C24H30N4O5S/c1-24(2,3)18-12-19(28-9-8-20(29)26-23(28)30)21-17(22(18)33-4)11-15(13-25-21)14-6-7-16(10-14)27-34(5,31)32/h8-9,11-14,16,27H,6-7,10H2,1-5H3,(H,26,29,30)/t14?,16-/m0/s1. The van der Waals surface area contributed by atoms with Crippen LogP contribution in [0.3, 0.4) is 0 Å². The Morgan fingerprint density at radius 1 is 1.21 bits per heavy atom. The van der Waals surface area contributed by atoms with Crippen LogP contribution in [0, 0.1) is 0 Å². The molecule has 1 saturated carbocycles. The number of pyridine rings is 1. The fraction of sp³-hybridized carbons (Fsp3) is 0.458. The SMILES string of the molecule is COc1c(C(C)(C)C)cc(-n2ccc(=O)[nH]c2=O)c2ncc(C3CC[C@H](NS(C)(=O)=O)C3)cc12. The summed E-state index contributed by atoms with van der Waals surface area (Å²) < 4.78 is 33.2. The van der Waals surface area contributed by atoms with Gasteiger partial charge in [-0.25, -0.2) is 17.9 Å². The van der Waals surface area contributed by atoms with E-state index in [-0.39, 0.29) is 17.4 Å². The van der Waals surface area contributed by atoms with Gasteiger partial charge in [-0.2, -0.15) is 0 Å². The van der Waals surface area contributed by atoms with Crippen molar-refractivity contribution in [3.8, 4) is 11.4 Å². The van der Waals surface area contributed by atoms with Gasteiger partial charge in [0.1, 0.15) is 5.75 Å². The van der Waals surface area contributed by atoms with Gasteiger partial charge in [-0.3, -0.25) is 19.3 Å². The lowest BCUT2D eigenvalue weighted by Crippen LogP contribution is -2.31. The predicted octanol–water partition coefficient (Wildman–Crippen LogP) is 2.57. The van der Waals surface area contributed by atoms with Crippen molar-refractivity contribution in [1.29, 1.82) is 0 Å². The Labute approximate surface area is 198 Å². The highest BCUT2D eigenvalue weighted by Crippen LogP contribution is 2.42. The summed E-state index contributed by atoms with van der Waals surface area (Å²) in [6, 6.07) is 5.11. The van der Waals surface area contributed by atoms with Crippen LogP contribution in [0.25, 0.3) is 16.6 Å². The summed E-state index contributed by atoms with van der Waals surface area (Å²) in [7, 11) is -1.65. The lowest BCUT2D eigenvalue weighted by atomic mass is 9.84. The van der Waals surface area contributed by atoms with Crippen LogP contribution in [0.15, 0.2) is 40.2 Å². The van der Waals surface area contributed by atoms with Gasteiger partial charge in [0.2, 0.25) is 10.0 Å². The second-order valence-corrected chi connectivity index (χ2v) is 11.7. The maximum absolute atomic E-state index is 12.6. The van der Waals surface area contributed by atoms with E-state index in [4.69, 9.17) is 9.72 Å². The van der Waals surface area contributed by atoms with E-state index in [1.165, 1.54) is 23.1 Å². The van der Waals surface area contributed by atoms with Crippen LogP contribution >= 0.6 is 0 Å². The molecule has 1 fully saturated rings. The molecule has 3 aromatic rings. The molecule has 9 nitrogen and oxygen atoms in total. The molecular formula is C24H30N4O5S. The van der Waals surface area contributed by atoms with Gasteiger partial charge in [0, 0.05) is 35.5 Å². The van der Waals surface area contributed by atoms with Gasteiger partial charge in [-0.15, -0.1) is 0 Å². The third-order valence-corrected chi connectivity index (χ3v) is 7.06. The summed E-state index contributed by atoms with van der Waals surface area (Å²) in [6.07, 6.45) is 6.70. The maximum atomic E-state index is 12.6. The summed E-state index contributed by atoms with van der Waals surface area (Å²) in [5.41, 5.74) is 1.71. The minimum absolute atomic E-state index is 0.103. The number of fused-ring (bicyclic) bond motifs is 1. The molecule has 2 heterocycles. The lowest BCUT2D eigenvalue weighted by Gasteiger charge is -2.25. The number of ether oxygens (including phenoxy) is 1. The molecule has 2 N–H and O–H groups in total. The summed E-state index contributed by atoms with van der Waals surface area (Å²) in [5.74, 6) is 0.834. The van der Waals surface area contributed by atoms with Gasteiger partial charge in [0.25, 0.3) is 5.56 Å². The van der Waals surface area contributed by atoms with Crippen molar-refractivity contribution in [2.24, 2.45) is 0 Å². The Balaban J connectivity index is 1.90. The molecule has 0 bridgehead atoms. The van der Waals surface area contributed by atoms with Crippen molar-refractivity contribution in [1.82, 2.24) is 19.3 Å². The van der Waals surface area contributed by atoms with Gasteiger partial charge in [0.05, 0.1) is 24.6 Å². The second kappa shape index (κ2) is 8.66. The molecular weight excluding hydrogens is 456 g/mol. The molecule has 10 heteroatoms. The fourth-order valence-corrected chi connectivity index (χ4v) is 5.58. The Morgan fingerprint density at radius 3 is 2.56 bits per heavy atom. The van der Waals surface area contributed by atoms with E-state index >= 15 is 0 Å². The number of rotatable bonds is 5. The summed E-state index contributed by atoms with van der Waals surface area (Å²) in [5, 5.41) is 0.764. The number of nitrogens with zero attached hydrogens (tertiary/aromatic N) is 2. The van der Waals surface area contributed by atoms with Crippen LogP contribution in [-0.2, 0) is 15.4 Å². The molecule has 1 unspecified atom stereocenters. The fourth-order valence-electron chi connectivity index (χ4n) is 4.76. The Hall–Kier alpha value is -2.98. The highest BCUT2D eigenvalue weighted by atomic mass is 32.2. The highest BCUT2D eigenvalue weighted by Gasteiger charge is 2.30. The van der Waals surface area contributed by atoms with Crippen LogP contribution < -0.4 is 20.7 Å². The van der Waals surface area contributed by atoms with Crippen LogP contribution in [0.1, 0.15) is 57.1 Å². The lowest BCUT2D eigenvalue weighted by molar-refractivity contribution is 0.402. The molecule has 1 aliphatic carbocycles. The number of H-pyrrole nitrogens is 1. The molecule has 34 heavy (non-hydrogen) atoms.